The summed E-state index contributed by atoms with van der Waals surface area (Å²) in [4.78, 5) is 28.1. The van der Waals surface area contributed by atoms with E-state index in [1.165, 1.54) is 6.92 Å². The van der Waals surface area contributed by atoms with Crippen molar-refractivity contribution in [1.82, 2.24) is 9.80 Å². The van der Waals surface area contributed by atoms with E-state index in [-0.39, 0.29) is 23.9 Å². The number of amides is 2. The standard InChI is InChI=1S/C15H20N2O3S/c1-10-5-6-14(20-10)12-4-3-7-16(12)15(19)13-8-21-9-17(13)11(2)18/h5-6,12-13H,3-4,7-9H2,1-2H3. The Kier molecular flexibility index (Phi) is 3.97. The van der Waals surface area contributed by atoms with Gasteiger partial charge in [-0.25, -0.2) is 0 Å². The molecule has 6 heteroatoms. The van der Waals surface area contributed by atoms with Gasteiger partial charge in [0.1, 0.15) is 17.6 Å². The molecule has 2 atom stereocenters. The topological polar surface area (TPSA) is 53.8 Å². The number of hydrogen-bond acceptors (Lipinski definition) is 4. The zero-order valence-electron chi connectivity index (χ0n) is 12.4. The van der Waals surface area contributed by atoms with Crippen molar-refractivity contribution in [3.63, 3.8) is 0 Å². The average Bonchev–Trinajstić information content (AvgIpc) is 3.17. The van der Waals surface area contributed by atoms with Gasteiger partial charge in [-0.3, -0.25) is 9.59 Å². The third-order valence-corrected chi connectivity index (χ3v) is 5.21. The Bertz CT molecular complexity index is 557. The molecule has 2 aliphatic heterocycles. The van der Waals surface area contributed by atoms with E-state index in [0.29, 0.717) is 11.6 Å². The monoisotopic (exact) mass is 308 g/mol. The minimum Gasteiger partial charge on any atom is -0.464 e. The Morgan fingerprint density at radius 3 is 2.81 bits per heavy atom. The third kappa shape index (κ3) is 2.69. The van der Waals surface area contributed by atoms with Crippen LogP contribution in [0.5, 0.6) is 0 Å². The van der Waals surface area contributed by atoms with E-state index in [4.69, 9.17) is 4.42 Å². The molecule has 5 nitrogen and oxygen atoms in total. The minimum atomic E-state index is -0.316. The molecule has 0 aliphatic carbocycles. The van der Waals surface area contributed by atoms with Crippen LogP contribution in [0.25, 0.3) is 0 Å². The Morgan fingerprint density at radius 2 is 2.14 bits per heavy atom. The fourth-order valence-electron chi connectivity index (χ4n) is 3.11. The van der Waals surface area contributed by atoms with E-state index in [1.54, 1.807) is 16.7 Å². The number of thioether (sulfide) groups is 1. The van der Waals surface area contributed by atoms with Gasteiger partial charge < -0.3 is 14.2 Å². The molecule has 2 saturated heterocycles. The summed E-state index contributed by atoms with van der Waals surface area (Å²) < 4.78 is 5.71. The van der Waals surface area contributed by atoms with Crippen LogP contribution in [0.4, 0.5) is 0 Å². The normalized spacial score (nSPS) is 25.6. The van der Waals surface area contributed by atoms with Crippen LogP contribution in [0.2, 0.25) is 0 Å². The molecule has 114 valence electrons. The summed E-state index contributed by atoms with van der Waals surface area (Å²) >= 11 is 1.64. The molecule has 0 N–H and O–H groups in total. The van der Waals surface area contributed by atoms with Crippen molar-refractivity contribution >= 4 is 23.6 Å². The molecule has 3 rings (SSSR count). The van der Waals surface area contributed by atoms with Gasteiger partial charge >= 0.3 is 0 Å². The van der Waals surface area contributed by atoms with E-state index >= 15 is 0 Å². The average molecular weight is 308 g/mol. The van der Waals surface area contributed by atoms with E-state index in [9.17, 15) is 9.59 Å². The van der Waals surface area contributed by atoms with Crippen LogP contribution < -0.4 is 0 Å². The van der Waals surface area contributed by atoms with Crippen LogP contribution in [0.1, 0.15) is 37.3 Å². The van der Waals surface area contributed by atoms with Gasteiger partial charge in [0, 0.05) is 19.2 Å². The predicted octanol–water partition coefficient (Wildman–Crippen LogP) is 2.17. The van der Waals surface area contributed by atoms with Crippen molar-refractivity contribution in [2.75, 3.05) is 18.2 Å². The third-order valence-electron chi connectivity index (χ3n) is 4.20. The van der Waals surface area contributed by atoms with Gasteiger partial charge in [-0.1, -0.05) is 0 Å². The summed E-state index contributed by atoms with van der Waals surface area (Å²) in [6.45, 7) is 4.19. The Hall–Kier alpha value is -1.43. The Morgan fingerprint density at radius 1 is 1.33 bits per heavy atom. The van der Waals surface area contributed by atoms with Crippen LogP contribution in [0.3, 0.4) is 0 Å². The van der Waals surface area contributed by atoms with Gasteiger partial charge in [0.15, 0.2) is 0 Å². The quantitative estimate of drug-likeness (QED) is 0.840. The molecule has 2 unspecified atom stereocenters. The summed E-state index contributed by atoms with van der Waals surface area (Å²) in [7, 11) is 0. The molecule has 2 amide bonds. The number of hydrogen-bond donors (Lipinski definition) is 0. The largest absolute Gasteiger partial charge is 0.464 e. The molecular formula is C15H20N2O3S. The summed E-state index contributed by atoms with van der Waals surface area (Å²) in [5, 5.41) is 0. The molecule has 2 fully saturated rings. The van der Waals surface area contributed by atoms with Crippen LogP contribution in [-0.2, 0) is 9.59 Å². The maximum absolute atomic E-state index is 12.8. The molecule has 2 aliphatic rings. The van der Waals surface area contributed by atoms with E-state index < -0.39 is 0 Å². The van der Waals surface area contributed by atoms with Gasteiger partial charge in [0.2, 0.25) is 11.8 Å². The number of likely N-dealkylation sites (tertiary alicyclic amines) is 1. The van der Waals surface area contributed by atoms with Crippen LogP contribution in [0.15, 0.2) is 16.5 Å². The molecular weight excluding hydrogens is 288 g/mol. The van der Waals surface area contributed by atoms with E-state index in [2.05, 4.69) is 0 Å². The minimum absolute atomic E-state index is 0.0191. The summed E-state index contributed by atoms with van der Waals surface area (Å²) in [5.74, 6) is 3.07. The molecule has 0 radical (unpaired) electrons. The van der Waals surface area contributed by atoms with Gasteiger partial charge in [-0.05, 0) is 31.9 Å². The van der Waals surface area contributed by atoms with E-state index in [0.717, 1.165) is 30.9 Å². The van der Waals surface area contributed by atoms with Crippen LogP contribution in [-0.4, -0.2) is 45.8 Å². The first-order valence-corrected chi connectivity index (χ1v) is 8.45. The number of nitrogens with zero attached hydrogens (tertiary/aromatic N) is 2. The highest BCUT2D eigenvalue weighted by atomic mass is 32.2. The highest BCUT2D eigenvalue weighted by Gasteiger charge is 2.40. The Labute approximate surface area is 128 Å². The van der Waals surface area contributed by atoms with E-state index in [1.807, 2.05) is 24.0 Å². The summed E-state index contributed by atoms with van der Waals surface area (Å²) in [5.41, 5.74) is 0. The zero-order chi connectivity index (χ0) is 15.0. The first kappa shape index (κ1) is 14.5. The summed E-state index contributed by atoms with van der Waals surface area (Å²) in [6.07, 6.45) is 1.91. The molecule has 0 spiro atoms. The zero-order valence-corrected chi connectivity index (χ0v) is 13.2. The van der Waals surface area contributed by atoms with Gasteiger partial charge in [0.05, 0.1) is 11.9 Å². The second-order valence-corrected chi connectivity index (χ2v) is 6.64. The molecule has 0 saturated carbocycles. The molecule has 1 aromatic rings. The number of carbonyl (C=O) groups is 2. The fraction of sp³-hybridized carbons (Fsp3) is 0.600. The number of furan rings is 1. The van der Waals surface area contributed by atoms with Crippen molar-refractivity contribution in [2.24, 2.45) is 0 Å². The smallest absolute Gasteiger partial charge is 0.246 e. The number of aryl methyl sites for hydroxylation is 1. The van der Waals surface area contributed by atoms with Crippen molar-refractivity contribution in [2.45, 2.75) is 38.8 Å². The lowest BCUT2D eigenvalue weighted by molar-refractivity contribution is -0.143. The molecule has 0 bridgehead atoms. The van der Waals surface area contributed by atoms with Gasteiger partial charge in [-0.15, -0.1) is 11.8 Å². The molecule has 21 heavy (non-hydrogen) atoms. The van der Waals surface area contributed by atoms with Crippen molar-refractivity contribution in [3.05, 3.63) is 23.7 Å². The fourth-order valence-corrected chi connectivity index (χ4v) is 4.32. The van der Waals surface area contributed by atoms with Crippen LogP contribution >= 0.6 is 11.8 Å². The predicted molar refractivity (Wildman–Crippen MR) is 80.8 cm³/mol. The van der Waals surface area contributed by atoms with Gasteiger partial charge in [0.25, 0.3) is 0 Å². The molecule has 0 aromatic carbocycles. The second-order valence-electron chi connectivity index (χ2n) is 5.64. The first-order valence-electron chi connectivity index (χ1n) is 7.29. The second kappa shape index (κ2) is 5.75. The van der Waals surface area contributed by atoms with Crippen molar-refractivity contribution in [1.29, 1.82) is 0 Å². The highest BCUT2D eigenvalue weighted by Crippen LogP contribution is 2.35. The number of carbonyl (C=O) groups excluding carboxylic acids is 2. The SMILES string of the molecule is CC(=O)N1CSCC1C(=O)N1CCCC1c1ccc(C)o1. The summed E-state index contributed by atoms with van der Waals surface area (Å²) in [6, 6.07) is 3.59. The van der Waals surface area contributed by atoms with Crippen molar-refractivity contribution < 1.29 is 14.0 Å². The highest BCUT2D eigenvalue weighted by molar-refractivity contribution is 7.99. The van der Waals surface area contributed by atoms with Crippen LogP contribution in [0, 0.1) is 6.92 Å². The lowest BCUT2D eigenvalue weighted by Gasteiger charge is -2.29. The lowest BCUT2D eigenvalue weighted by Crippen LogP contribution is -2.48. The Balaban J connectivity index is 1.78. The first-order chi connectivity index (χ1) is 10.1. The maximum Gasteiger partial charge on any atom is 0.246 e. The number of rotatable bonds is 2. The van der Waals surface area contributed by atoms with Crippen molar-refractivity contribution in [3.8, 4) is 0 Å². The maximum atomic E-state index is 12.8. The lowest BCUT2D eigenvalue weighted by atomic mass is 10.1. The molecule has 3 heterocycles. The molecule has 1 aromatic heterocycles. The van der Waals surface area contributed by atoms with Gasteiger partial charge in [-0.2, -0.15) is 0 Å².